The van der Waals surface area contributed by atoms with E-state index in [2.05, 4.69) is 5.32 Å². The highest BCUT2D eigenvalue weighted by Crippen LogP contribution is 2.16. The number of amides is 1. The maximum Gasteiger partial charge on any atom is 0.227 e. The van der Waals surface area contributed by atoms with Crippen molar-refractivity contribution < 1.29 is 13.9 Å². The number of ether oxygens (including phenoxy) is 1. The number of aryl methyl sites for hydroxylation is 1. The molecule has 0 heterocycles. The number of anilines is 2. The molecular weight excluding hydrogens is 271 g/mol. The molecule has 110 valence electrons. The van der Waals surface area contributed by atoms with Crippen LogP contribution in [0.4, 0.5) is 15.8 Å². The van der Waals surface area contributed by atoms with E-state index in [4.69, 9.17) is 10.5 Å². The summed E-state index contributed by atoms with van der Waals surface area (Å²) in [6, 6.07) is 11.7. The number of carbonyl (C=O) groups excluding carboxylic acids is 1. The van der Waals surface area contributed by atoms with Crippen LogP contribution in [0.1, 0.15) is 12.0 Å². The summed E-state index contributed by atoms with van der Waals surface area (Å²) in [6.07, 6.45) is 0.200. The molecule has 0 aliphatic carbocycles. The number of nitrogens with two attached hydrogens (primary N) is 1. The van der Waals surface area contributed by atoms with Gasteiger partial charge in [-0.15, -0.1) is 0 Å². The molecule has 4 nitrogen and oxygen atoms in total. The van der Waals surface area contributed by atoms with Crippen LogP contribution in [-0.4, -0.2) is 12.5 Å². The fourth-order valence-electron chi connectivity index (χ4n) is 1.81. The van der Waals surface area contributed by atoms with E-state index in [1.54, 1.807) is 0 Å². The smallest absolute Gasteiger partial charge is 0.227 e. The minimum absolute atomic E-state index is 0.00353. The molecule has 2 aromatic carbocycles. The molecule has 0 fully saturated rings. The van der Waals surface area contributed by atoms with Gasteiger partial charge in [0.05, 0.1) is 18.7 Å². The van der Waals surface area contributed by atoms with Crippen molar-refractivity contribution >= 4 is 17.3 Å². The zero-order valence-electron chi connectivity index (χ0n) is 11.7. The molecule has 0 aliphatic rings. The van der Waals surface area contributed by atoms with E-state index in [0.717, 1.165) is 11.3 Å². The highest BCUT2D eigenvalue weighted by molar-refractivity contribution is 5.91. The number of hydrogen-bond acceptors (Lipinski definition) is 3. The molecule has 0 spiro atoms. The van der Waals surface area contributed by atoms with E-state index in [0.29, 0.717) is 5.69 Å². The Bertz CT molecular complexity index is 644. The van der Waals surface area contributed by atoms with E-state index in [1.807, 2.05) is 31.2 Å². The fraction of sp³-hybridized carbons (Fsp3) is 0.188. The Morgan fingerprint density at radius 2 is 2.10 bits per heavy atom. The van der Waals surface area contributed by atoms with Gasteiger partial charge in [0.25, 0.3) is 0 Å². The molecule has 0 bridgehead atoms. The summed E-state index contributed by atoms with van der Waals surface area (Å²) in [5, 5.41) is 2.64. The average molecular weight is 288 g/mol. The van der Waals surface area contributed by atoms with Gasteiger partial charge in [0, 0.05) is 5.69 Å². The second kappa shape index (κ2) is 6.74. The van der Waals surface area contributed by atoms with Gasteiger partial charge >= 0.3 is 0 Å². The van der Waals surface area contributed by atoms with Crippen molar-refractivity contribution in [3.63, 3.8) is 0 Å². The van der Waals surface area contributed by atoms with Crippen molar-refractivity contribution in [3.05, 3.63) is 53.8 Å². The topological polar surface area (TPSA) is 64.3 Å². The largest absolute Gasteiger partial charge is 0.493 e. The first-order valence-corrected chi connectivity index (χ1v) is 6.59. The van der Waals surface area contributed by atoms with E-state index in [9.17, 15) is 9.18 Å². The van der Waals surface area contributed by atoms with E-state index >= 15 is 0 Å². The molecule has 0 saturated heterocycles. The molecule has 0 unspecified atom stereocenters. The van der Waals surface area contributed by atoms with Crippen LogP contribution in [0.3, 0.4) is 0 Å². The molecule has 0 radical (unpaired) electrons. The number of halogens is 1. The lowest BCUT2D eigenvalue weighted by molar-refractivity contribution is -0.116. The Labute approximate surface area is 122 Å². The molecule has 2 aromatic rings. The normalized spacial score (nSPS) is 10.2. The first-order valence-electron chi connectivity index (χ1n) is 6.59. The summed E-state index contributed by atoms with van der Waals surface area (Å²) in [4.78, 5) is 11.7. The van der Waals surface area contributed by atoms with Crippen molar-refractivity contribution in [2.45, 2.75) is 13.3 Å². The van der Waals surface area contributed by atoms with Crippen molar-refractivity contribution in [2.24, 2.45) is 0 Å². The van der Waals surface area contributed by atoms with Crippen molar-refractivity contribution in [1.82, 2.24) is 0 Å². The van der Waals surface area contributed by atoms with Gasteiger partial charge in [0.1, 0.15) is 11.6 Å². The highest BCUT2D eigenvalue weighted by atomic mass is 19.1. The zero-order valence-corrected chi connectivity index (χ0v) is 11.7. The summed E-state index contributed by atoms with van der Waals surface area (Å²) < 4.78 is 18.5. The van der Waals surface area contributed by atoms with Gasteiger partial charge in [-0.2, -0.15) is 0 Å². The first-order chi connectivity index (χ1) is 10.0. The molecule has 2 rings (SSSR count). The Hall–Kier alpha value is -2.56. The van der Waals surface area contributed by atoms with E-state index in [-0.39, 0.29) is 24.6 Å². The summed E-state index contributed by atoms with van der Waals surface area (Å²) >= 11 is 0. The minimum atomic E-state index is -0.504. The molecule has 0 atom stereocenters. The van der Waals surface area contributed by atoms with Crippen LogP contribution in [0.15, 0.2) is 42.5 Å². The second-order valence-corrected chi connectivity index (χ2v) is 4.70. The Morgan fingerprint density at radius 3 is 2.81 bits per heavy atom. The molecule has 0 saturated carbocycles. The van der Waals surface area contributed by atoms with Crippen LogP contribution in [0.5, 0.6) is 5.75 Å². The number of nitrogens with one attached hydrogen (secondary N) is 1. The monoisotopic (exact) mass is 288 g/mol. The Morgan fingerprint density at radius 1 is 1.29 bits per heavy atom. The minimum Gasteiger partial charge on any atom is -0.493 e. The predicted molar refractivity (Wildman–Crippen MR) is 80.7 cm³/mol. The predicted octanol–water partition coefficient (Wildman–Crippen LogP) is 3.12. The highest BCUT2D eigenvalue weighted by Gasteiger charge is 2.05. The quantitative estimate of drug-likeness (QED) is 0.831. The van der Waals surface area contributed by atoms with Crippen molar-refractivity contribution in [3.8, 4) is 5.75 Å². The maximum absolute atomic E-state index is 13.0. The van der Waals surface area contributed by atoms with Gasteiger partial charge in [0.15, 0.2) is 0 Å². The van der Waals surface area contributed by atoms with Gasteiger partial charge in [-0.05, 0) is 42.8 Å². The summed E-state index contributed by atoms with van der Waals surface area (Å²) in [6.45, 7) is 2.24. The maximum atomic E-state index is 13.0. The third-order valence-electron chi connectivity index (χ3n) is 2.87. The van der Waals surface area contributed by atoms with Crippen LogP contribution in [-0.2, 0) is 4.79 Å². The standard InChI is InChI=1S/C16H17FN2O2/c1-11-3-2-4-13(9-11)21-8-7-16(20)19-12-5-6-14(17)15(18)10-12/h2-6,9-10H,7-8,18H2,1H3,(H,19,20). The van der Waals surface area contributed by atoms with Crippen molar-refractivity contribution in [1.29, 1.82) is 0 Å². The molecule has 0 aromatic heterocycles. The average Bonchev–Trinajstić information content (AvgIpc) is 2.43. The molecule has 21 heavy (non-hydrogen) atoms. The number of carbonyl (C=O) groups is 1. The number of nitrogen functional groups attached to an aromatic ring is 1. The summed E-state index contributed by atoms with van der Waals surface area (Å²) in [7, 11) is 0. The first kappa shape index (κ1) is 14.8. The van der Waals surface area contributed by atoms with Crippen LogP contribution in [0, 0.1) is 12.7 Å². The molecule has 1 amide bonds. The van der Waals surface area contributed by atoms with Gasteiger partial charge in [-0.25, -0.2) is 4.39 Å². The molecular formula is C16H17FN2O2. The van der Waals surface area contributed by atoms with Crippen molar-refractivity contribution in [2.75, 3.05) is 17.7 Å². The number of benzene rings is 2. The zero-order chi connectivity index (χ0) is 15.2. The van der Waals surface area contributed by atoms with Gasteiger partial charge in [-0.3, -0.25) is 4.79 Å². The second-order valence-electron chi connectivity index (χ2n) is 4.70. The van der Waals surface area contributed by atoms with Gasteiger partial charge in [0.2, 0.25) is 5.91 Å². The van der Waals surface area contributed by atoms with E-state index < -0.39 is 5.82 Å². The lowest BCUT2D eigenvalue weighted by Crippen LogP contribution is -2.15. The Balaban J connectivity index is 1.81. The lowest BCUT2D eigenvalue weighted by atomic mass is 10.2. The lowest BCUT2D eigenvalue weighted by Gasteiger charge is -2.08. The van der Waals surface area contributed by atoms with E-state index in [1.165, 1.54) is 18.2 Å². The third-order valence-corrected chi connectivity index (χ3v) is 2.87. The van der Waals surface area contributed by atoms with Crippen LogP contribution < -0.4 is 15.8 Å². The Kier molecular flexibility index (Phi) is 4.77. The van der Waals surface area contributed by atoms with Gasteiger partial charge in [-0.1, -0.05) is 12.1 Å². The fourth-order valence-corrected chi connectivity index (χ4v) is 1.81. The number of rotatable bonds is 5. The third kappa shape index (κ3) is 4.49. The molecule has 5 heteroatoms. The van der Waals surface area contributed by atoms with Crippen LogP contribution >= 0.6 is 0 Å². The van der Waals surface area contributed by atoms with Gasteiger partial charge < -0.3 is 15.8 Å². The summed E-state index contributed by atoms with van der Waals surface area (Å²) in [5.74, 6) is 0.0123. The van der Waals surface area contributed by atoms with Crippen LogP contribution in [0.25, 0.3) is 0 Å². The summed E-state index contributed by atoms with van der Waals surface area (Å²) in [5.41, 5.74) is 7.00. The molecule has 3 N–H and O–H groups in total. The SMILES string of the molecule is Cc1cccc(OCCC(=O)Nc2ccc(F)c(N)c2)c1. The number of hydrogen-bond donors (Lipinski definition) is 2. The van der Waals surface area contributed by atoms with Crippen LogP contribution in [0.2, 0.25) is 0 Å². The molecule has 0 aliphatic heterocycles.